The number of anilines is 1. The molecule has 0 aromatic carbocycles. The predicted molar refractivity (Wildman–Crippen MR) is 83.9 cm³/mol. The zero-order valence-corrected chi connectivity index (χ0v) is 13.0. The first-order chi connectivity index (χ1) is 10.7. The van der Waals surface area contributed by atoms with Gasteiger partial charge in [-0.15, -0.1) is 0 Å². The molecule has 5 nitrogen and oxygen atoms in total. The first-order valence-electron chi connectivity index (χ1n) is 8.29. The van der Waals surface area contributed by atoms with Gasteiger partial charge in [0.25, 0.3) is 0 Å². The van der Waals surface area contributed by atoms with Gasteiger partial charge in [0.1, 0.15) is 5.69 Å². The Morgan fingerprint density at radius 3 is 2.68 bits per heavy atom. The van der Waals surface area contributed by atoms with Crippen LogP contribution < -0.4 is 10.1 Å². The standard InChI is InChI=1S/C17H23N3O2/c1-22-16-15(3-2-4-18-16)19-17(21)20-10-13-6-11-5-12(7-13)9-14(20)8-11/h2-4,11-14H,5-10H2,1H3,(H,19,21). The van der Waals surface area contributed by atoms with E-state index in [1.807, 2.05) is 12.1 Å². The number of amides is 2. The first-order valence-corrected chi connectivity index (χ1v) is 8.29. The number of aromatic nitrogens is 1. The molecule has 3 heterocycles. The number of urea groups is 1. The third kappa shape index (κ3) is 2.42. The van der Waals surface area contributed by atoms with E-state index in [1.54, 1.807) is 13.3 Å². The summed E-state index contributed by atoms with van der Waals surface area (Å²) in [5.74, 6) is 2.84. The van der Waals surface area contributed by atoms with Gasteiger partial charge in [-0.3, -0.25) is 0 Å². The molecular weight excluding hydrogens is 278 g/mol. The van der Waals surface area contributed by atoms with Crippen molar-refractivity contribution in [3.05, 3.63) is 18.3 Å². The summed E-state index contributed by atoms with van der Waals surface area (Å²) in [4.78, 5) is 19.0. The van der Waals surface area contributed by atoms with E-state index in [-0.39, 0.29) is 6.03 Å². The lowest BCUT2D eigenvalue weighted by atomic mass is 9.68. The zero-order chi connectivity index (χ0) is 15.1. The van der Waals surface area contributed by atoms with E-state index in [4.69, 9.17) is 4.74 Å². The Morgan fingerprint density at radius 1 is 1.23 bits per heavy atom. The number of hydrogen-bond donors (Lipinski definition) is 1. The second-order valence-corrected chi connectivity index (χ2v) is 7.07. The highest BCUT2D eigenvalue weighted by Crippen LogP contribution is 2.47. The van der Waals surface area contributed by atoms with Crippen molar-refractivity contribution in [1.82, 2.24) is 9.88 Å². The third-order valence-electron chi connectivity index (χ3n) is 5.57. The van der Waals surface area contributed by atoms with Gasteiger partial charge in [-0.1, -0.05) is 0 Å². The van der Waals surface area contributed by atoms with Gasteiger partial charge in [-0.25, -0.2) is 9.78 Å². The highest BCUT2D eigenvalue weighted by Gasteiger charge is 2.44. The quantitative estimate of drug-likeness (QED) is 0.913. The number of nitrogens with one attached hydrogen (secondary N) is 1. The molecule has 5 heteroatoms. The van der Waals surface area contributed by atoms with Gasteiger partial charge < -0.3 is 15.0 Å². The zero-order valence-electron chi connectivity index (χ0n) is 13.0. The van der Waals surface area contributed by atoms with Gasteiger partial charge in [0.15, 0.2) is 0 Å². The number of ether oxygens (including phenoxy) is 1. The van der Waals surface area contributed by atoms with E-state index >= 15 is 0 Å². The molecule has 2 unspecified atom stereocenters. The minimum Gasteiger partial charge on any atom is -0.480 e. The molecule has 1 N–H and O–H groups in total. The minimum atomic E-state index is 0.00417. The van der Waals surface area contributed by atoms with Crippen LogP contribution in [0.2, 0.25) is 0 Å². The van der Waals surface area contributed by atoms with Crippen molar-refractivity contribution in [3.63, 3.8) is 0 Å². The van der Waals surface area contributed by atoms with Crippen LogP contribution in [0, 0.1) is 17.8 Å². The molecule has 1 aromatic rings. The number of methoxy groups -OCH3 is 1. The highest BCUT2D eigenvalue weighted by molar-refractivity contribution is 5.90. The van der Waals surface area contributed by atoms with Gasteiger partial charge in [-0.2, -0.15) is 0 Å². The van der Waals surface area contributed by atoms with Gasteiger partial charge in [0, 0.05) is 18.8 Å². The summed E-state index contributed by atoms with van der Waals surface area (Å²) < 4.78 is 5.22. The van der Waals surface area contributed by atoms with Crippen LogP contribution in [0.5, 0.6) is 5.88 Å². The highest BCUT2D eigenvalue weighted by atomic mass is 16.5. The minimum absolute atomic E-state index is 0.00417. The molecular formula is C17H23N3O2. The number of hydrogen-bond acceptors (Lipinski definition) is 3. The van der Waals surface area contributed by atoms with Crippen molar-refractivity contribution in [1.29, 1.82) is 0 Å². The van der Waals surface area contributed by atoms with Crippen molar-refractivity contribution in [2.24, 2.45) is 17.8 Å². The van der Waals surface area contributed by atoms with Crippen LogP contribution >= 0.6 is 0 Å². The van der Waals surface area contributed by atoms with Crippen LogP contribution in [-0.2, 0) is 0 Å². The van der Waals surface area contributed by atoms with Crippen LogP contribution in [0.1, 0.15) is 32.1 Å². The molecule has 118 valence electrons. The normalized spacial score (nSPS) is 32.7. The Morgan fingerprint density at radius 2 is 1.95 bits per heavy atom. The average molecular weight is 301 g/mol. The van der Waals surface area contributed by atoms with Crippen LogP contribution in [-0.4, -0.2) is 35.6 Å². The monoisotopic (exact) mass is 301 g/mol. The molecule has 2 atom stereocenters. The van der Waals surface area contributed by atoms with Crippen molar-refractivity contribution >= 4 is 11.7 Å². The molecule has 2 saturated heterocycles. The molecule has 1 aromatic heterocycles. The second-order valence-electron chi connectivity index (χ2n) is 7.07. The number of nitrogens with zero attached hydrogens (tertiary/aromatic N) is 2. The van der Waals surface area contributed by atoms with Crippen molar-refractivity contribution < 1.29 is 9.53 Å². The largest absolute Gasteiger partial charge is 0.480 e. The fraction of sp³-hybridized carbons (Fsp3) is 0.647. The molecule has 2 aliphatic carbocycles. The maximum atomic E-state index is 12.8. The van der Waals surface area contributed by atoms with E-state index < -0.39 is 0 Å². The predicted octanol–water partition coefficient (Wildman–Crippen LogP) is 3.13. The van der Waals surface area contributed by atoms with Crippen LogP contribution in [0.25, 0.3) is 0 Å². The van der Waals surface area contributed by atoms with E-state index in [0.717, 1.165) is 18.4 Å². The molecule has 2 aliphatic heterocycles. The lowest BCUT2D eigenvalue weighted by Gasteiger charge is -2.38. The van der Waals surface area contributed by atoms with E-state index in [1.165, 1.54) is 32.1 Å². The van der Waals surface area contributed by atoms with Gasteiger partial charge in [0.2, 0.25) is 5.88 Å². The average Bonchev–Trinajstić information content (AvgIpc) is 2.71. The fourth-order valence-corrected chi connectivity index (χ4v) is 4.87. The Bertz CT molecular complexity index is 563. The summed E-state index contributed by atoms with van der Waals surface area (Å²) in [5, 5.41) is 3.00. The summed E-state index contributed by atoms with van der Waals surface area (Å²) in [5.41, 5.74) is 0.652. The Balaban J connectivity index is 1.53. The number of rotatable bonds is 2. The summed E-state index contributed by atoms with van der Waals surface area (Å²) in [6.45, 7) is 0.909. The molecule has 4 fully saturated rings. The molecule has 2 saturated carbocycles. The summed E-state index contributed by atoms with van der Waals surface area (Å²) >= 11 is 0. The van der Waals surface area contributed by atoms with E-state index in [9.17, 15) is 4.79 Å². The lowest BCUT2D eigenvalue weighted by Crippen LogP contribution is -2.44. The fourth-order valence-electron chi connectivity index (χ4n) is 4.87. The molecule has 4 aliphatic rings. The topological polar surface area (TPSA) is 54.5 Å². The maximum absolute atomic E-state index is 12.8. The lowest BCUT2D eigenvalue weighted by molar-refractivity contribution is 0.136. The van der Waals surface area contributed by atoms with Crippen molar-refractivity contribution in [2.75, 3.05) is 19.0 Å². The second kappa shape index (κ2) is 5.45. The van der Waals surface area contributed by atoms with E-state index in [2.05, 4.69) is 15.2 Å². The third-order valence-corrected chi connectivity index (χ3v) is 5.57. The van der Waals surface area contributed by atoms with Crippen molar-refractivity contribution in [2.45, 2.75) is 38.1 Å². The van der Waals surface area contributed by atoms with Crippen LogP contribution in [0.3, 0.4) is 0 Å². The number of pyridine rings is 1. The summed E-state index contributed by atoms with van der Waals surface area (Å²) in [6.07, 6.45) is 8.05. The molecule has 4 bridgehead atoms. The molecule has 0 spiro atoms. The molecule has 2 amide bonds. The Labute approximate surface area is 131 Å². The van der Waals surface area contributed by atoms with Crippen LogP contribution in [0.15, 0.2) is 18.3 Å². The molecule has 0 radical (unpaired) electrons. The van der Waals surface area contributed by atoms with E-state index in [0.29, 0.717) is 23.5 Å². The Kier molecular flexibility index (Phi) is 3.43. The Hall–Kier alpha value is -1.78. The number of carbonyl (C=O) groups is 1. The summed E-state index contributed by atoms with van der Waals surface area (Å²) in [7, 11) is 1.57. The first kappa shape index (κ1) is 13.9. The van der Waals surface area contributed by atoms with Crippen LogP contribution in [0.4, 0.5) is 10.5 Å². The number of carbonyl (C=O) groups excluding carboxylic acids is 1. The molecule has 22 heavy (non-hydrogen) atoms. The maximum Gasteiger partial charge on any atom is 0.322 e. The summed E-state index contributed by atoms with van der Waals surface area (Å²) in [6, 6.07) is 4.07. The van der Waals surface area contributed by atoms with Gasteiger partial charge in [0.05, 0.1) is 7.11 Å². The van der Waals surface area contributed by atoms with Gasteiger partial charge in [-0.05, 0) is 62.0 Å². The molecule has 5 rings (SSSR count). The van der Waals surface area contributed by atoms with Crippen molar-refractivity contribution in [3.8, 4) is 5.88 Å². The van der Waals surface area contributed by atoms with Gasteiger partial charge >= 0.3 is 6.03 Å². The smallest absolute Gasteiger partial charge is 0.322 e. The SMILES string of the molecule is COc1ncccc1NC(=O)N1CC2CC3CC(C2)CC1C3. The number of fused-ring (bicyclic) bond motifs is 1.